The van der Waals surface area contributed by atoms with E-state index in [2.05, 4.69) is 5.32 Å². The third-order valence-corrected chi connectivity index (χ3v) is 4.45. The molecule has 144 valence electrons. The van der Waals surface area contributed by atoms with Crippen LogP contribution in [0.2, 0.25) is 0 Å². The number of nitrogens with one attached hydrogen (secondary N) is 1. The Morgan fingerprint density at radius 3 is 2.78 bits per heavy atom. The highest BCUT2D eigenvalue weighted by Crippen LogP contribution is 2.20. The Kier molecular flexibility index (Phi) is 7.80. The van der Waals surface area contributed by atoms with E-state index in [0.717, 1.165) is 5.56 Å². The second-order valence-corrected chi connectivity index (χ2v) is 6.32. The topological polar surface area (TPSA) is 82.4 Å². The summed E-state index contributed by atoms with van der Waals surface area (Å²) < 4.78 is 18.2. The van der Waals surface area contributed by atoms with Crippen molar-refractivity contribution >= 4 is 11.9 Å². The molecule has 27 heavy (non-hydrogen) atoms. The van der Waals surface area contributed by atoms with E-state index >= 15 is 0 Å². The predicted molar refractivity (Wildman–Crippen MR) is 97.7 cm³/mol. The highest BCUT2D eigenvalue weighted by Gasteiger charge is 2.29. The van der Waals surface area contributed by atoms with E-state index in [1.807, 2.05) is 12.1 Å². The number of rotatable bonds is 7. The SMILES string of the molecule is CCOC(=O)C1CCN(C(=O)/C(C#N)=C\NCCc2cccc(F)c2)CC1. The maximum absolute atomic E-state index is 13.1. The van der Waals surface area contributed by atoms with E-state index in [9.17, 15) is 19.2 Å². The van der Waals surface area contributed by atoms with Crippen molar-refractivity contribution in [3.05, 3.63) is 47.4 Å². The number of amides is 1. The molecule has 1 aliphatic rings. The Hall–Kier alpha value is -2.88. The number of carbonyl (C=O) groups is 2. The smallest absolute Gasteiger partial charge is 0.309 e. The number of nitrogens with zero attached hydrogens (tertiary/aromatic N) is 2. The van der Waals surface area contributed by atoms with E-state index in [1.54, 1.807) is 17.9 Å². The number of benzene rings is 1. The van der Waals surface area contributed by atoms with Crippen LogP contribution in [0.25, 0.3) is 0 Å². The summed E-state index contributed by atoms with van der Waals surface area (Å²) in [5, 5.41) is 12.2. The monoisotopic (exact) mass is 373 g/mol. The fraction of sp³-hybridized carbons (Fsp3) is 0.450. The first-order chi connectivity index (χ1) is 13.0. The lowest BCUT2D eigenvalue weighted by Gasteiger charge is -2.30. The molecule has 1 amide bonds. The van der Waals surface area contributed by atoms with Crippen LogP contribution in [0, 0.1) is 23.1 Å². The minimum absolute atomic E-state index is 0.0174. The third-order valence-electron chi connectivity index (χ3n) is 4.45. The summed E-state index contributed by atoms with van der Waals surface area (Å²) in [5.41, 5.74) is 0.852. The summed E-state index contributed by atoms with van der Waals surface area (Å²) in [6.07, 6.45) is 3.05. The van der Waals surface area contributed by atoms with Crippen LogP contribution < -0.4 is 5.32 Å². The molecule has 0 atom stereocenters. The maximum Gasteiger partial charge on any atom is 0.309 e. The lowest BCUT2D eigenvalue weighted by atomic mass is 9.96. The third kappa shape index (κ3) is 6.10. The lowest BCUT2D eigenvalue weighted by molar-refractivity contribution is -0.150. The minimum Gasteiger partial charge on any atom is -0.466 e. The predicted octanol–water partition coefficient (Wildman–Crippen LogP) is 2.17. The fourth-order valence-corrected chi connectivity index (χ4v) is 2.97. The Morgan fingerprint density at radius 2 is 2.15 bits per heavy atom. The molecule has 2 rings (SSSR count). The van der Waals surface area contributed by atoms with Crippen molar-refractivity contribution in [2.24, 2.45) is 5.92 Å². The minimum atomic E-state index is -0.349. The van der Waals surface area contributed by atoms with Gasteiger partial charge in [-0.2, -0.15) is 5.26 Å². The van der Waals surface area contributed by atoms with E-state index in [1.165, 1.54) is 18.3 Å². The van der Waals surface area contributed by atoms with Crippen LogP contribution in [0.4, 0.5) is 4.39 Å². The first kappa shape index (κ1) is 20.4. The Bertz CT molecular complexity index is 734. The summed E-state index contributed by atoms with van der Waals surface area (Å²) in [7, 11) is 0. The number of hydrogen-bond acceptors (Lipinski definition) is 5. The zero-order valence-electron chi connectivity index (χ0n) is 15.4. The summed E-state index contributed by atoms with van der Waals surface area (Å²) in [4.78, 5) is 25.8. The molecule has 0 bridgehead atoms. The summed E-state index contributed by atoms with van der Waals surface area (Å²) in [5.74, 6) is -1.05. The Balaban J connectivity index is 1.82. The second kappa shape index (κ2) is 10.3. The molecule has 0 saturated carbocycles. The number of piperidine rings is 1. The van der Waals surface area contributed by atoms with Gasteiger partial charge in [-0.3, -0.25) is 9.59 Å². The van der Waals surface area contributed by atoms with Gasteiger partial charge in [-0.15, -0.1) is 0 Å². The molecule has 0 aliphatic carbocycles. The lowest BCUT2D eigenvalue weighted by Crippen LogP contribution is -2.41. The number of hydrogen-bond donors (Lipinski definition) is 1. The zero-order chi connectivity index (χ0) is 19.6. The normalized spacial score (nSPS) is 15.1. The number of likely N-dealkylation sites (tertiary alicyclic amines) is 1. The van der Waals surface area contributed by atoms with Gasteiger partial charge < -0.3 is 15.0 Å². The van der Waals surface area contributed by atoms with Gasteiger partial charge in [0.1, 0.15) is 17.5 Å². The summed E-state index contributed by atoms with van der Waals surface area (Å²) in [6.45, 7) is 3.44. The van der Waals surface area contributed by atoms with Crippen molar-refractivity contribution < 1.29 is 18.7 Å². The zero-order valence-corrected chi connectivity index (χ0v) is 15.4. The van der Waals surface area contributed by atoms with Crippen molar-refractivity contribution in [1.82, 2.24) is 10.2 Å². The first-order valence-electron chi connectivity index (χ1n) is 9.09. The molecular formula is C20H24FN3O3. The number of esters is 1. The fourth-order valence-electron chi connectivity index (χ4n) is 2.97. The van der Waals surface area contributed by atoms with E-state index < -0.39 is 0 Å². The number of nitriles is 1. The van der Waals surface area contributed by atoms with Crippen LogP contribution in [-0.2, 0) is 20.7 Å². The highest BCUT2D eigenvalue weighted by molar-refractivity contribution is 5.97. The second-order valence-electron chi connectivity index (χ2n) is 6.32. The van der Waals surface area contributed by atoms with Crippen LogP contribution >= 0.6 is 0 Å². The van der Waals surface area contributed by atoms with Gasteiger partial charge >= 0.3 is 5.97 Å². The maximum atomic E-state index is 13.1. The van der Waals surface area contributed by atoms with Gasteiger partial charge in [-0.1, -0.05) is 12.1 Å². The van der Waals surface area contributed by atoms with Crippen LogP contribution in [0.15, 0.2) is 36.0 Å². The number of ether oxygens (including phenoxy) is 1. The van der Waals surface area contributed by atoms with Crippen LogP contribution in [0.5, 0.6) is 0 Å². The molecule has 0 radical (unpaired) electrons. The number of carbonyl (C=O) groups excluding carboxylic acids is 2. The molecule has 1 aromatic carbocycles. The summed E-state index contributed by atoms with van der Waals surface area (Å²) >= 11 is 0. The van der Waals surface area contributed by atoms with Gasteiger partial charge in [-0.05, 0) is 43.9 Å². The molecule has 1 aromatic rings. The van der Waals surface area contributed by atoms with E-state index in [4.69, 9.17) is 4.74 Å². The average Bonchev–Trinajstić information content (AvgIpc) is 2.68. The van der Waals surface area contributed by atoms with Gasteiger partial charge in [0, 0.05) is 25.8 Å². The number of halogens is 1. The van der Waals surface area contributed by atoms with Crippen molar-refractivity contribution in [2.75, 3.05) is 26.2 Å². The van der Waals surface area contributed by atoms with Crippen molar-refractivity contribution in [3.63, 3.8) is 0 Å². The van der Waals surface area contributed by atoms with Crippen LogP contribution in [0.3, 0.4) is 0 Å². The molecule has 0 spiro atoms. The van der Waals surface area contributed by atoms with Crippen molar-refractivity contribution in [2.45, 2.75) is 26.2 Å². The molecule has 1 aliphatic heterocycles. The van der Waals surface area contributed by atoms with Crippen LogP contribution in [-0.4, -0.2) is 43.0 Å². The van der Waals surface area contributed by atoms with Gasteiger partial charge in [-0.25, -0.2) is 4.39 Å². The van der Waals surface area contributed by atoms with E-state index in [0.29, 0.717) is 45.5 Å². The molecule has 1 heterocycles. The van der Waals surface area contributed by atoms with Gasteiger partial charge in [0.2, 0.25) is 0 Å². The molecular weight excluding hydrogens is 349 g/mol. The van der Waals surface area contributed by atoms with Crippen molar-refractivity contribution in [3.8, 4) is 6.07 Å². The van der Waals surface area contributed by atoms with Gasteiger partial charge in [0.05, 0.1) is 12.5 Å². The molecule has 0 unspecified atom stereocenters. The highest BCUT2D eigenvalue weighted by atomic mass is 19.1. The molecule has 1 N–H and O–H groups in total. The molecule has 1 saturated heterocycles. The van der Waals surface area contributed by atoms with Gasteiger partial charge in [0.15, 0.2) is 0 Å². The molecule has 7 heteroatoms. The Labute approximate surface area is 158 Å². The largest absolute Gasteiger partial charge is 0.466 e. The van der Waals surface area contributed by atoms with Crippen molar-refractivity contribution in [1.29, 1.82) is 5.26 Å². The standard InChI is InChI=1S/C20H24FN3O3/c1-2-27-20(26)16-7-10-24(11-8-16)19(25)17(13-22)14-23-9-6-15-4-3-5-18(21)12-15/h3-5,12,14,16,23H,2,6-11H2,1H3/b17-14-. The molecule has 6 nitrogen and oxygen atoms in total. The first-order valence-corrected chi connectivity index (χ1v) is 9.09. The van der Waals surface area contributed by atoms with E-state index in [-0.39, 0.29) is 29.2 Å². The quantitative estimate of drug-likeness (QED) is 0.343. The Morgan fingerprint density at radius 1 is 1.41 bits per heavy atom. The average molecular weight is 373 g/mol. The van der Waals surface area contributed by atoms with Crippen LogP contribution in [0.1, 0.15) is 25.3 Å². The molecule has 0 aromatic heterocycles. The van der Waals surface area contributed by atoms with Gasteiger partial charge in [0.25, 0.3) is 5.91 Å². The molecule has 1 fully saturated rings. The summed E-state index contributed by atoms with van der Waals surface area (Å²) in [6, 6.07) is 8.22.